The Kier molecular flexibility index (Phi) is 2.45. The average Bonchev–Trinajstić information content (AvgIpc) is 2.50. The highest BCUT2D eigenvalue weighted by Crippen LogP contribution is 2.21. The molecular formula is C10H8INO2. The Morgan fingerprint density at radius 1 is 1.50 bits per heavy atom. The number of halogens is 1. The van der Waals surface area contributed by atoms with Gasteiger partial charge >= 0.3 is 5.97 Å². The normalized spacial score (nSPS) is 10.6. The average molecular weight is 301 g/mol. The predicted octanol–water partition coefficient (Wildman–Crippen LogP) is 2.40. The topological polar surface area (TPSA) is 53.1 Å². The summed E-state index contributed by atoms with van der Waals surface area (Å²) < 4.78 is 1.08. The second-order valence-electron chi connectivity index (χ2n) is 3.09. The third-order valence-electron chi connectivity index (χ3n) is 2.03. The van der Waals surface area contributed by atoms with Gasteiger partial charge in [-0.3, -0.25) is 4.79 Å². The summed E-state index contributed by atoms with van der Waals surface area (Å²) in [5.41, 5.74) is 1.82. The fraction of sp³-hybridized carbons (Fsp3) is 0.100. The predicted molar refractivity (Wildman–Crippen MR) is 62.4 cm³/mol. The molecule has 2 N–H and O–H groups in total. The van der Waals surface area contributed by atoms with Crippen molar-refractivity contribution in [2.75, 3.05) is 0 Å². The van der Waals surface area contributed by atoms with Crippen LogP contribution in [0.15, 0.2) is 24.4 Å². The van der Waals surface area contributed by atoms with Crippen LogP contribution in [0.1, 0.15) is 5.56 Å². The molecule has 4 heteroatoms. The Hall–Kier alpha value is -1.04. The quantitative estimate of drug-likeness (QED) is 0.837. The van der Waals surface area contributed by atoms with Crippen LogP contribution in [0.25, 0.3) is 10.9 Å². The molecule has 0 aliphatic carbocycles. The lowest BCUT2D eigenvalue weighted by Gasteiger charge is -2.00. The maximum Gasteiger partial charge on any atom is 0.307 e. The number of carbonyl (C=O) groups is 1. The molecule has 0 atom stereocenters. The van der Waals surface area contributed by atoms with E-state index >= 15 is 0 Å². The van der Waals surface area contributed by atoms with Crippen LogP contribution in [0.4, 0.5) is 0 Å². The summed E-state index contributed by atoms with van der Waals surface area (Å²) in [5, 5.41) is 9.81. The van der Waals surface area contributed by atoms with Gasteiger partial charge in [0.15, 0.2) is 0 Å². The van der Waals surface area contributed by atoms with Crippen molar-refractivity contribution in [1.82, 2.24) is 4.98 Å². The summed E-state index contributed by atoms with van der Waals surface area (Å²) in [6.07, 6.45) is 1.93. The second kappa shape index (κ2) is 3.61. The van der Waals surface area contributed by atoms with Crippen LogP contribution in [0.2, 0.25) is 0 Å². The molecule has 14 heavy (non-hydrogen) atoms. The maximum absolute atomic E-state index is 10.5. The van der Waals surface area contributed by atoms with Gasteiger partial charge in [0.1, 0.15) is 0 Å². The fourth-order valence-electron chi connectivity index (χ4n) is 1.45. The van der Waals surface area contributed by atoms with Crippen LogP contribution in [-0.2, 0) is 11.2 Å². The van der Waals surface area contributed by atoms with Gasteiger partial charge in [-0.05, 0) is 46.4 Å². The first-order chi connectivity index (χ1) is 6.66. The smallest absolute Gasteiger partial charge is 0.307 e. The number of fused-ring (bicyclic) bond motifs is 1. The monoisotopic (exact) mass is 301 g/mol. The van der Waals surface area contributed by atoms with Crippen LogP contribution >= 0.6 is 22.6 Å². The van der Waals surface area contributed by atoms with E-state index in [1.165, 1.54) is 0 Å². The molecule has 0 aliphatic rings. The Balaban J connectivity index is 2.53. The number of aromatic amines is 1. The summed E-state index contributed by atoms with van der Waals surface area (Å²) in [5.74, 6) is -0.799. The first-order valence-corrected chi connectivity index (χ1v) is 5.22. The number of hydrogen-bond acceptors (Lipinski definition) is 1. The molecular weight excluding hydrogens is 293 g/mol. The van der Waals surface area contributed by atoms with E-state index in [1.807, 2.05) is 24.4 Å². The molecule has 1 aromatic heterocycles. The maximum atomic E-state index is 10.5. The Morgan fingerprint density at radius 3 is 3.00 bits per heavy atom. The Labute approximate surface area is 94.3 Å². The van der Waals surface area contributed by atoms with Crippen molar-refractivity contribution >= 4 is 39.5 Å². The highest BCUT2D eigenvalue weighted by molar-refractivity contribution is 14.1. The third-order valence-corrected chi connectivity index (χ3v) is 2.93. The van der Waals surface area contributed by atoms with Crippen LogP contribution in [0.3, 0.4) is 0 Å². The van der Waals surface area contributed by atoms with E-state index in [2.05, 4.69) is 27.6 Å². The molecule has 2 aromatic rings. The van der Waals surface area contributed by atoms with E-state index in [0.717, 1.165) is 20.0 Å². The van der Waals surface area contributed by atoms with Gasteiger partial charge in [0.25, 0.3) is 0 Å². The van der Waals surface area contributed by atoms with Gasteiger partial charge in [0, 0.05) is 20.7 Å². The molecule has 1 aromatic carbocycles. The Bertz CT molecular complexity index is 490. The summed E-state index contributed by atoms with van der Waals surface area (Å²) in [4.78, 5) is 13.6. The number of carboxylic acid groups (broad SMARTS) is 1. The van der Waals surface area contributed by atoms with Crippen LogP contribution in [0.5, 0.6) is 0 Å². The zero-order valence-electron chi connectivity index (χ0n) is 7.25. The summed E-state index contributed by atoms with van der Waals surface area (Å²) >= 11 is 2.21. The van der Waals surface area contributed by atoms with Crippen LogP contribution in [-0.4, -0.2) is 16.1 Å². The fourth-order valence-corrected chi connectivity index (χ4v) is 2.32. The van der Waals surface area contributed by atoms with Gasteiger partial charge in [0.05, 0.1) is 6.42 Å². The molecule has 0 aliphatic heterocycles. The zero-order chi connectivity index (χ0) is 10.1. The van der Waals surface area contributed by atoms with Crippen molar-refractivity contribution in [3.8, 4) is 0 Å². The van der Waals surface area contributed by atoms with E-state index in [-0.39, 0.29) is 6.42 Å². The standard InChI is InChI=1S/C10H8INO2/c11-8-3-6(5-10(13)14)4-9-7(8)1-2-12-9/h1-4,12H,5H2,(H,13,14). The van der Waals surface area contributed by atoms with Crippen molar-refractivity contribution in [1.29, 1.82) is 0 Å². The molecule has 0 spiro atoms. The lowest BCUT2D eigenvalue weighted by atomic mass is 10.1. The minimum atomic E-state index is -0.799. The number of carboxylic acids is 1. The molecule has 1 heterocycles. The SMILES string of the molecule is O=C(O)Cc1cc(I)c2cc[nH]c2c1. The van der Waals surface area contributed by atoms with Gasteiger partial charge < -0.3 is 10.1 Å². The highest BCUT2D eigenvalue weighted by Gasteiger charge is 2.05. The summed E-state index contributed by atoms with van der Waals surface area (Å²) in [7, 11) is 0. The van der Waals surface area contributed by atoms with Gasteiger partial charge in [0.2, 0.25) is 0 Å². The number of benzene rings is 1. The van der Waals surface area contributed by atoms with Crippen molar-refractivity contribution in [3.63, 3.8) is 0 Å². The van der Waals surface area contributed by atoms with Gasteiger partial charge in [-0.2, -0.15) is 0 Å². The number of hydrogen-bond donors (Lipinski definition) is 2. The zero-order valence-corrected chi connectivity index (χ0v) is 9.41. The summed E-state index contributed by atoms with van der Waals surface area (Å²) in [6, 6.07) is 5.78. The van der Waals surface area contributed by atoms with Gasteiger partial charge in [-0.1, -0.05) is 0 Å². The van der Waals surface area contributed by atoms with Gasteiger partial charge in [-0.25, -0.2) is 0 Å². The number of aromatic nitrogens is 1. The summed E-state index contributed by atoms with van der Waals surface area (Å²) in [6.45, 7) is 0. The van der Waals surface area contributed by atoms with Gasteiger partial charge in [-0.15, -0.1) is 0 Å². The number of H-pyrrole nitrogens is 1. The number of nitrogens with one attached hydrogen (secondary N) is 1. The number of rotatable bonds is 2. The van der Waals surface area contributed by atoms with E-state index in [9.17, 15) is 4.79 Å². The molecule has 72 valence electrons. The molecule has 0 bridgehead atoms. The molecule has 2 rings (SSSR count). The molecule has 0 fully saturated rings. The minimum absolute atomic E-state index is 0.0744. The largest absolute Gasteiger partial charge is 0.481 e. The lowest BCUT2D eigenvalue weighted by molar-refractivity contribution is -0.136. The van der Waals surface area contributed by atoms with Crippen LogP contribution in [0, 0.1) is 3.57 Å². The van der Waals surface area contributed by atoms with Crippen molar-refractivity contribution in [3.05, 3.63) is 33.5 Å². The minimum Gasteiger partial charge on any atom is -0.481 e. The van der Waals surface area contributed by atoms with E-state index in [1.54, 1.807) is 0 Å². The molecule has 3 nitrogen and oxygen atoms in total. The van der Waals surface area contributed by atoms with E-state index < -0.39 is 5.97 Å². The van der Waals surface area contributed by atoms with Crippen molar-refractivity contribution in [2.45, 2.75) is 6.42 Å². The van der Waals surface area contributed by atoms with Crippen LogP contribution < -0.4 is 0 Å². The Morgan fingerprint density at radius 2 is 2.29 bits per heavy atom. The number of aliphatic carboxylic acids is 1. The second-order valence-corrected chi connectivity index (χ2v) is 4.25. The molecule has 0 radical (unpaired) electrons. The van der Waals surface area contributed by atoms with E-state index in [0.29, 0.717) is 0 Å². The first kappa shape index (κ1) is 9.51. The molecule has 0 saturated heterocycles. The molecule has 0 unspecified atom stereocenters. The lowest BCUT2D eigenvalue weighted by Crippen LogP contribution is -2.00. The molecule has 0 amide bonds. The highest BCUT2D eigenvalue weighted by atomic mass is 127. The molecule has 0 saturated carbocycles. The van der Waals surface area contributed by atoms with E-state index in [4.69, 9.17) is 5.11 Å². The van der Waals surface area contributed by atoms with Crippen molar-refractivity contribution < 1.29 is 9.90 Å². The first-order valence-electron chi connectivity index (χ1n) is 4.14. The van der Waals surface area contributed by atoms with Crippen molar-refractivity contribution in [2.24, 2.45) is 0 Å². The third kappa shape index (κ3) is 1.75.